The van der Waals surface area contributed by atoms with Crippen molar-refractivity contribution in [3.8, 4) is 0 Å². The van der Waals surface area contributed by atoms with Crippen molar-refractivity contribution in [3.63, 3.8) is 0 Å². The first kappa shape index (κ1) is 22.1. The first-order valence-corrected chi connectivity index (χ1v) is 13.5. The third kappa shape index (κ3) is 2.49. The van der Waals surface area contributed by atoms with E-state index in [1.807, 2.05) is 0 Å². The van der Waals surface area contributed by atoms with Crippen molar-refractivity contribution < 1.29 is 19.6 Å². The lowest BCUT2D eigenvalue weighted by molar-refractivity contribution is -0.526. The van der Waals surface area contributed by atoms with E-state index in [1.165, 1.54) is 25.7 Å². The van der Waals surface area contributed by atoms with Crippen LogP contribution in [0.2, 0.25) is 0 Å². The van der Waals surface area contributed by atoms with E-state index in [2.05, 4.69) is 53.7 Å². The Hall–Kier alpha value is -0.420. The maximum Gasteiger partial charge on any atom is 0.140 e. The summed E-state index contributed by atoms with van der Waals surface area (Å²) < 4.78 is 6.48. The second-order valence-electron chi connectivity index (χ2n) is 13.4. The van der Waals surface area contributed by atoms with Crippen LogP contribution in [0.4, 0.5) is 0 Å². The molecule has 1 N–H and O–H groups in total. The van der Waals surface area contributed by atoms with Crippen molar-refractivity contribution >= 4 is 0 Å². The number of fused-ring (bicyclic) bond motifs is 2. The van der Waals surface area contributed by atoms with Crippen molar-refractivity contribution in [2.45, 2.75) is 116 Å². The summed E-state index contributed by atoms with van der Waals surface area (Å²) >= 11 is 0. The highest BCUT2D eigenvalue weighted by Crippen LogP contribution is 2.78. The summed E-state index contributed by atoms with van der Waals surface area (Å²) in [6.07, 6.45) is 12.5. The van der Waals surface area contributed by atoms with Gasteiger partial charge >= 0.3 is 0 Å². The third-order valence-electron chi connectivity index (χ3n) is 11.9. The second kappa shape index (κ2) is 6.83. The minimum atomic E-state index is -0.448. The molecule has 0 aromatic heterocycles. The van der Waals surface area contributed by atoms with Crippen molar-refractivity contribution in [1.29, 1.82) is 0 Å². The van der Waals surface area contributed by atoms with Crippen LogP contribution in [0.15, 0.2) is 12.2 Å². The number of hydrogen-bond donors (Lipinski definition) is 1. The van der Waals surface area contributed by atoms with Gasteiger partial charge in [-0.1, -0.05) is 53.7 Å². The predicted molar refractivity (Wildman–Crippen MR) is 124 cm³/mol. The van der Waals surface area contributed by atoms with Crippen molar-refractivity contribution in [2.75, 3.05) is 0 Å². The molecule has 7 aliphatic rings. The summed E-state index contributed by atoms with van der Waals surface area (Å²) in [6, 6.07) is 0. The van der Waals surface area contributed by atoms with Gasteiger partial charge in [0.1, 0.15) is 23.4 Å². The van der Waals surface area contributed by atoms with Gasteiger partial charge in [0.05, 0.1) is 6.10 Å². The fourth-order valence-electron chi connectivity index (χ4n) is 9.64. The summed E-state index contributed by atoms with van der Waals surface area (Å²) in [5, 5.41) is 10.5. The normalized spacial score (nSPS) is 57.6. The third-order valence-corrected chi connectivity index (χ3v) is 11.9. The van der Waals surface area contributed by atoms with Crippen LogP contribution in [0.5, 0.6) is 0 Å². The molecule has 4 saturated carbocycles. The van der Waals surface area contributed by atoms with Gasteiger partial charge < -0.3 is 9.84 Å². The lowest BCUT2D eigenvalue weighted by atomic mass is 9.40. The van der Waals surface area contributed by atoms with Crippen LogP contribution in [0.3, 0.4) is 0 Å². The molecule has 12 atom stereocenters. The monoisotopic (exact) mass is 444 g/mol. The van der Waals surface area contributed by atoms with Gasteiger partial charge in [-0.3, -0.25) is 0 Å². The Morgan fingerprint density at radius 3 is 2.41 bits per heavy atom. The Kier molecular flexibility index (Phi) is 4.71. The van der Waals surface area contributed by atoms with E-state index in [9.17, 15) is 5.11 Å². The summed E-state index contributed by atoms with van der Waals surface area (Å²) in [4.78, 5) is 13.0. The van der Waals surface area contributed by atoms with Gasteiger partial charge in [0, 0.05) is 17.8 Å². The van der Waals surface area contributed by atoms with Crippen LogP contribution in [0.25, 0.3) is 0 Å². The van der Waals surface area contributed by atoms with Crippen molar-refractivity contribution in [3.05, 3.63) is 12.2 Å². The highest BCUT2D eigenvalue weighted by molar-refractivity contribution is 5.33. The SMILES string of the molecule is CC(C)[C@@H](C)/C=C/[C@@H](C)[C@H]1CC[C@@H]2[C@]1(C)CC[C@H]1[C@@]23OO[C@@]2(C[C@@H](O)CC[C@]12C)[C@H]1O[C@H]13. The summed E-state index contributed by atoms with van der Waals surface area (Å²) in [6.45, 7) is 14.4. The zero-order chi connectivity index (χ0) is 22.7. The lowest BCUT2D eigenvalue weighted by Gasteiger charge is -2.70. The Bertz CT molecular complexity index is 809. The number of rotatable bonds is 4. The van der Waals surface area contributed by atoms with Gasteiger partial charge in [-0.25, -0.2) is 9.78 Å². The van der Waals surface area contributed by atoms with Crippen molar-refractivity contribution in [1.82, 2.24) is 0 Å². The minimum Gasteiger partial charge on any atom is -0.393 e. The van der Waals surface area contributed by atoms with E-state index in [0.717, 1.165) is 12.8 Å². The van der Waals surface area contributed by atoms with Gasteiger partial charge in [-0.15, -0.1) is 0 Å². The molecule has 4 nitrogen and oxygen atoms in total. The second-order valence-corrected chi connectivity index (χ2v) is 13.4. The molecule has 0 radical (unpaired) electrons. The minimum absolute atomic E-state index is 0.0414. The molecule has 3 saturated heterocycles. The number of ether oxygens (including phenoxy) is 1. The molecule has 4 aliphatic carbocycles. The fourth-order valence-corrected chi connectivity index (χ4v) is 9.64. The lowest BCUT2D eigenvalue weighted by Crippen LogP contribution is -2.79. The Labute approximate surface area is 194 Å². The maximum absolute atomic E-state index is 10.5. The topological polar surface area (TPSA) is 51.2 Å². The summed E-state index contributed by atoms with van der Waals surface area (Å²) in [5.41, 5.74) is -0.431. The van der Waals surface area contributed by atoms with E-state index in [1.54, 1.807) is 0 Å². The molecule has 4 heteroatoms. The Morgan fingerprint density at radius 1 is 0.875 bits per heavy atom. The van der Waals surface area contributed by atoms with E-state index in [-0.39, 0.29) is 34.7 Å². The molecule has 0 unspecified atom stereocenters. The molecule has 0 aromatic rings. The van der Waals surface area contributed by atoms with E-state index in [4.69, 9.17) is 14.5 Å². The zero-order valence-corrected chi connectivity index (χ0v) is 21.0. The van der Waals surface area contributed by atoms with Crippen LogP contribution in [0, 0.1) is 46.3 Å². The van der Waals surface area contributed by atoms with Crippen LogP contribution < -0.4 is 0 Å². The summed E-state index contributed by atoms with van der Waals surface area (Å²) in [7, 11) is 0. The van der Waals surface area contributed by atoms with Crippen LogP contribution in [0.1, 0.15) is 86.5 Å². The molecule has 7 fully saturated rings. The van der Waals surface area contributed by atoms with Crippen molar-refractivity contribution in [2.24, 2.45) is 46.3 Å². The number of aliphatic hydroxyl groups excluding tert-OH is 1. The molecule has 7 rings (SSSR count). The maximum atomic E-state index is 10.5. The van der Waals surface area contributed by atoms with Gasteiger partial charge in [0.15, 0.2) is 0 Å². The molecule has 180 valence electrons. The van der Waals surface area contributed by atoms with Crippen LogP contribution in [-0.2, 0) is 14.5 Å². The van der Waals surface area contributed by atoms with Crippen LogP contribution in [-0.4, -0.2) is 34.6 Å². The van der Waals surface area contributed by atoms with E-state index >= 15 is 0 Å². The molecule has 0 aromatic carbocycles. The number of aliphatic hydroxyl groups is 1. The average Bonchev–Trinajstić information content (AvgIpc) is 3.50. The van der Waals surface area contributed by atoms with E-state index in [0.29, 0.717) is 41.9 Å². The Balaban J connectivity index is 1.32. The molecule has 2 bridgehead atoms. The fraction of sp³-hybridized carbons (Fsp3) is 0.929. The molecule has 3 aliphatic heterocycles. The van der Waals surface area contributed by atoms with Gasteiger partial charge in [0.25, 0.3) is 0 Å². The molecule has 2 spiro atoms. The largest absolute Gasteiger partial charge is 0.393 e. The molecule has 3 heterocycles. The number of allylic oxidation sites excluding steroid dienone is 2. The number of hydrogen-bond acceptors (Lipinski definition) is 4. The van der Waals surface area contributed by atoms with E-state index < -0.39 is 5.60 Å². The average molecular weight is 445 g/mol. The quantitative estimate of drug-likeness (QED) is 0.344. The van der Waals surface area contributed by atoms with Gasteiger partial charge in [-0.2, -0.15) is 0 Å². The first-order valence-electron chi connectivity index (χ1n) is 13.5. The summed E-state index contributed by atoms with van der Waals surface area (Å²) in [5.74, 6) is 3.56. The smallest absolute Gasteiger partial charge is 0.140 e. The molecule has 32 heavy (non-hydrogen) atoms. The first-order chi connectivity index (χ1) is 15.1. The standard InChI is InChI=1S/C28H44O4/c1-16(2)17(3)7-8-18(4)20-9-10-21-25(20,5)13-12-22-26(6)14-11-19(29)15-27(26)23-24(30-23)28(21,22)32-31-27/h7-8,16-24,29H,9-15H2,1-6H3/b8-7+/t17-,18+,19-,20+,21+,22+,23-,24+,25+,26+,27-,28-/m0/s1. The molecular weight excluding hydrogens is 400 g/mol. The number of epoxide rings is 1. The highest BCUT2D eigenvalue weighted by Gasteiger charge is 2.87. The molecular formula is C28H44O4. The van der Waals surface area contributed by atoms with Gasteiger partial charge in [-0.05, 0) is 73.5 Å². The predicted octanol–water partition coefficient (Wildman–Crippen LogP) is 5.68. The molecule has 0 amide bonds. The van der Waals surface area contributed by atoms with Gasteiger partial charge in [0.2, 0.25) is 0 Å². The Morgan fingerprint density at radius 2 is 1.66 bits per heavy atom. The van der Waals surface area contributed by atoms with Crippen LogP contribution >= 0.6 is 0 Å². The highest BCUT2D eigenvalue weighted by atomic mass is 17.2. The zero-order valence-electron chi connectivity index (χ0n) is 21.0.